The third-order valence-corrected chi connectivity index (χ3v) is 5.03. The molecule has 0 aromatic heterocycles. The molecule has 1 atom stereocenters. The lowest BCUT2D eigenvalue weighted by Gasteiger charge is -2.37. The number of hydrogen-bond acceptors (Lipinski definition) is 5. The molecule has 0 N–H and O–H groups in total. The van der Waals surface area contributed by atoms with Crippen molar-refractivity contribution in [1.29, 1.82) is 0 Å². The van der Waals surface area contributed by atoms with E-state index in [-0.39, 0.29) is 12.5 Å². The van der Waals surface area contributed by atoms with E-state index in [0.717, 1.165) is 5.56 Å². The molecular formula is C20H20N2O3S. The van der Waals surface area contributed by atoms with Gasteiger partial charge in [-0.25, -0.2) is 9.79 Å². The van der Waals surface area contributed by atoms with Crippen LogP contribution in [0.5, 0.6) is 0 Å². The molecule has 1 amide bonds. The summed E-state index contributed by atoms with van der Waals surface area (Å²) in [6, 6.07) is 9.22. The summed E-state index contributed by atoms with van der Waals surface area (Å²) in [6.45, 7) is 5.46. The predicted molar refractivity (Wildman–Crippen MR) is 104 cm³/mol. The molecule has 5 nitrogen and oxygen atoms in total. The molecular weight excluding hydrogens is 348 g/mol. The largest absolute Gasteiger partial charge is 0.458 e. The first-order valence-electron chi connectivity index (χ1n) is 8.37. The van der Waals surface area contributed by atoms with Crippen molar-refractivity contribution in [3.05, 3.63) is 65.9 Å². The van der Waals surface area contributed by atoms with Gasteiger partial charge < -0.3 is 4.74 Å². The maximum Gasteiger partial charge on any atom is 0.338 e. The van der Waals surface area contributed by atoms with Gasteiger partial charge in [0.15, 0.2) is 5.17 Å². The second-order valence-corrected chi connectivity index (χ2v) is 6.92. The Labute approximate surface area is 157 Å². The highest BCUT2D eigenvalue weighted by Gasteiger charge is 2.39. The Balaban J connectivity index is 2.00. The van der Waals surface area contributed by atoms with E-state index in [0.29, 0.717) is 28.6 Å². The fraction of sp³-hybridized carbons (Fsp3) is 0.250. The van der Waals surface area contributed by atoms with Crippen LogP contribution in [0.3, 0.4) is 0 Å². The maximum atomic E-state index is 12.6. The number of amides is 1. The molecule has 0 spiro atoms. The van der Waals surface area contributed by atoms with Gasteiger partial charge in [0.05, 0.1) is 17.3 Å². The van der Waals surface area contributed by atoms with Crippen molar-refractivity contribution in [3.8, 4) is 0 Å². The van der Waals surface area contributed by atoms with Crippen LogP contribution in [-0.2, 0) is 14.3 Å². The molecule has 1 fully saturated rings. The molecule has 2 aliphatic heterocycles. The van der Waals surface area contributed by atoms with Gasteiger partial charge in [0.25, 0.3) is 0 Å². The van der Waals surface area contributed by atoms with Gasteiger partial charge in [-0.3, -0.25) is 9.69 Å². The summed E-state index contributed by atoms with van der Waals surface area (Å²) >= 11 is 1.53. The molecule has 0 bridgehead atoms. The molecule has 26 heavy (non-hydrogen) atoms. The molecule has 0 radical (unpaired) electrons. The number of nitrogens with zero attached hydrogens (tertiary/aromatic N) is 2. The summed E-state index contributed by atoms with van der Waals surface area (Å²) in [5.41, 5.74) is 1.96. The van der Waals surface area contributed by atoms with E-state index in [4.69, 9.17) is 4.74 Å². The third-order valence-electron chi connectivity index (χ3n) is 4.07. The number of benzene rings is 1. The lowest BCUT2D eigenvalue weighted by molar-refractivity contribution is -0.138. The molecule has 1 saturated heterocycles. The van der Waals surface area contributed by atoms with Crippen LogP contribution in [0.1, 0.15) is 18.9 Å². The Kier molecular flexibility index (Phi) is 5.73. The first kappa shape index (κ1) is 18.2. The Bertz CT molecular complexity index is 812. The van der Waals surface area contributed by atoms with E-state index < -0.39 is 12.0 Å². The van der Waals surface area contributed by atoms with E-state index >= 15 is 0 Å². The molecule has 6 heteroatoms. The van der Waals surface area contributed by atoms with Crippen molar-refractivity contribution >= 4 is 34.9 Å². The Morgan fingerprint density at radius 1 is 1.42 bits per heavy atom. The summed E-state index contributed by atoms with van der Waals surface area (Å²) in [4.78, 5) is 31.2. The van der Waals surface area contributed by atoms with Crippen molar-refractivity contribution in [2.45, 2.75) is 19.4 Å². The summed E-state index contributed by atoms with van der Waals surface area (Å²) in [6.07, 6.45) is 5.71. The first-order valence-corrected chi connectivity index (χ1v) is 9.36. The van der Waals surface area contributed by atoms with Crippen LogP contribution in [0.4, 0.5) is 0 Å². The molecule has 2 aliphatic rings. The van der Waals surface area contributed by atoms with Gasteiger partial charge in [-0.15, -0.1) is 0 Å². The smallest absolute Gasteiger partial charge is 0.338 e. The zero-order valence-corrected chi connectivity index (χ0v) is 15.4. The van der Waals surface area contributed by atoms with Crippen LogP contribution in [0.25, 0.3) is 6.08 Å². The monoisotopic (exact) mass is 368 g/mol. The van der Waals surface area contributed by atoms with Crippen LogP contribution < -0.4 is 0 Å². The summed E-state index contributed by atoms with van der Waals surface area (Å²) in [7, 11) is 0. The number of rotatable bonds is 5. The third kappa shape index (κ3) is 3.80. The minimum absolute atomic E-state index is 0.0354. The number of aliphatic imine (C=N–C) groups is 1. The minimum atomic E-state index is -0.527. The number of fused-ring (bicyclic) bond motifs is 1. The number of hydrogen-bond donors (Lipinski definition) is 0. The molecule has 0 unspecified atom stereocenters. The van der Waals surface area contributed by atoms with E-state index in [2.05, 4.69) is 11.6 Å². The molecule has 1 aromatic rings. The fourth-order valence-electron chi connectivity index (χ4n) is 2.86. The Hall–Kier alpha value is -2.60. The van der Waals surface area contributed by atoms with Gasteiger partial charge in [0.2, 0.25) is 5.91 Å². The lowest BCUT2D eigenvalue weighted by Crippen LogP contribution is -2.49. The molecule has 3 rings (SSSR count). The van der Waals surface area contributed by atoms with E-state index in [1.165, 1.54) is 17.8 Å². The van der Waals surface area contributed by atoms with E-state index in [1.807, 2.05) is 42.5 Å². The zero-order chi connectivity index (χ0) is 18.5. The SMILES string of the molecule is C=CCOC(=O)C1=C(C)N=C2SCCC(=O)N2[C@@H]1C=Cc1ccccc1. The van der Waals surface area contributed by atoms with Crippen LogP contribution in [0, 0.1) is 0 Å². The molecule has 2 heterocycles. The first-order chi connectivity index (χ1) is 12.6. The predicted octanol–water partition coefficient (Wildman–Crippen LogP) is 3.41. The maximum absolute atomic E-state index is 12.6. The molecule has 1 aromatic carbocycles. The number of amidine groups is 1. The van der Waals surface area contributed by atoms with Gasteiger partial charge >= 0.3 is 5.97 Å². The minimum Gasteiger partial charge on any atom is -0.458 e. The molecule has 0 saturated carbocycles. The van der Waals surface area contributed by atoms with Crippen LogP contribution in [0.15, 0.2) is 65.3 Å². The van der Waals surface area contributed by atoms with Crippen molar-refractivity contribution in [2.75, 3.05) is 12.4 Å². The van der Waals surface area contributed by atoms with Gasteiger partial charge in [0, 0.05) is 12.2 Å². The number of thioether (sulfide) groups is 1. The highest BCUT2D eigenvalue weighted by Crippen LogP contribution is 2.32. The van der Waals surface area contributed by atoms with Crippen molar-refractivity contribution in [3.63, 3.8) is 0 Å². The summed E-state index contributed by atoms with van der Waals surface area (Å²) in [5.74, 6) is 0.190. The van der Waals surface area contributed by atoms with Gasteiger partial charge in [-0.1, -0.05) is 66.9 Å². The van der Waals surface area contributed by atoms with Gasteiger partial charge in [0.1, 0.15) is 6.61 Å². The summed E-state index contributed by atoms with van der Waals surface area (Å²) < 4.78 is 5.24. The topological polar surface area (TPSA) is 59.0 Å². The van der Waals surface area contributed by atoms with Crippen molar-refractivity contribution in [2.24, 2.45) is 4.99 Å². The lowest BCUT2D eigenvalue weighted by atomic mass is 10.00. The average Bonchev–Trinajstić information content (AvgIpc) is 2.64. The van der Waals surface area contributed by atoms with Crippen LogP contribution in [0.2, 0.25) is 0 Å². The fourth-order valence-corrected chi connectivity index (χ4v) is 3.88. The summed E-state index contributed by atoms with van der Waals surface area (Å²) in [5, 5.41) is 0.640. The number of allylic oxidation sites excluding steroid dienone is 1. The molecule has 134 valence electrons. The van der Waals surface area contributed by atoms with Crippen LogP contribution >= 0.6 is 11.8 Å². The second-order valence-electron chi connectivity index (χ2n) is 5.86. The highest BCUT2D eigenvalue weighted by molar-refractivity contribution is 8.14. The Morgan fingerprint density at radius 3 is 2.92 bits per heavy atom. The standard InChI is InChI=1S/C20H20N2O3S/c1-3-12-25-19(24)18-14(2)21-20-22(17(23)11-13-26-20)16(18)10-9-15-7-5-4-6-8-15/h3-10,16H,1,11-13H2,2H3/t16-/m1/s1. The van der Waals surface area contributed by atoms with Crippen LogP contribution in [-0.4, -0.2) is 40.3 Å². The molecule has 0 aliphatic carbocycles. The normalized spacial score (nSPS) is 20.0. The quantitative estimate of drug-likeness (QED) is 0.590. The number of ether oxygens (including phenoxy) is 1. The zero-order valence-electron chi connectivity index (χ0n) is 14.6. The number of esters is 1. The van der Waals surface area contributed by atoms with Crippen molar-refractivity contribution < 1.29 is 14.3 Å². The number of carbonyl (C=O) groups is 2. The van der Waals surface area contributed by atoms with E-state index in [9.17, 15) is 9.59 Å². The Morgan fingerprint density at radius 2 is 2.19 bits per heavy atom. The average molecular weight is 368 g/mol. The number of carbonyl (C=O) groups excluding carboxylic acids is 2. The second kappa shape index (κ2) is 8.19. The van der Waals surface area contributed by atoms with E-state index in [1.54, 1.807) is 11.8 Å². The highest BCUT2D eigenvalue weighted by atomic mass is 32.2. The van der Waals surface area contributed by atoms with Gasteiger partial charge in [-0.2, -0.15) is 0 Å². The van der Waals surface area contributed by atoms with Gasteiger partial charge in [-0.05, 0) is 12.5 Å². The van der Waals surface area contributed by atoms with Crippen molar-refractivity contribution in [1.82, 2.24) is 4.90 Å².